The molecule has 2 N–H and O–H groups in total. The highest BCUT2D eigenvalue weighted by atomic mass is 32.2. The number of pyridine rings is 1. The van der Waals surface area contributed by atoms with Crippen molar-refractivity contribution in [1.82, 2.24) is 15.2 Å². The fourth-order valence-electron chi connectivity index (χ4n) is 3.13. The van der Waals surface area contributed by atoms with Gasteiger partial charge in [-0.2, -0.15) is 5.10 Å². The quantitative estimate of drug-likeness (QED) is 0.514. The molecule has 0 aliphatic heterocycles. The average Bonchev–Trinajstić information content (AvgIpc) is 3.27. The Hall–Kier alpha value is -2.91. The maximum absolute atomic E-state index is 12.0. The van der Waals surface area contributed by atoms with Gasteiger partial charge in [0.15, 0.2) is 0 Å². The predicted molar refractivity (Wildman–Crippen MR) is 112 cm³/mol. The van der Waals surface area contributed by atoms with Crippen LogP contribution in [0.2, 0.25) is 0 Å². The van der Waals surface area contributed by atoms with Crippen LogP contribution in [-0.4, -0.2) is 37.0 Å². The molecule has 0 bridgehead atoms. The standard InChI is InChI=1S/C19H18N4O3S2/c1-11-7-15(23-28(3,24)25)17-16(12-5-4-6-14(8-12)26-2)18(27-19(17)22-11)13-9-20-21-10-13/h4-10H,1-3H3,(H,20,21)(H,22,23). The molecule has 0 atom stereocenters. The molecule has 0 aliphatic rings. The molecule has 0 saturated carbocycles. The minimum atomic E-state index is -3.46. The van der Waals surface area contributed by atoms with E-state index in [1.807, 2.05) is 37.4 Å². The van der Waals surface area contributed by atoms with Gasteiger partial charge in [0.05, 0.1) is 25.2 Å². The lowest BCUT2D eigenvalue weighted by atomic mass is 9.99. The zero-order valence-electron chi connectivity index (χ0n) is 15.5. The second-order valence-corrected chi connectivity index (χ2v) is 9.14. The number of sulfonamides is 1. The normalized spacial score (nSPS) is 11.7. The van der Waals surface area contributed by atoms with E-state index in [1.54, 1.807) is 19.4 Å². The summed E-state index contributed by atoms with van der Waals surface area (Å²) in [7, 11) is -1.84. The van der Waals surface area contributed by atoms with Gasteiger partial charge in [-0.05, 0) is 30.7 Å². The van der Waals surface area contributed by atoms with Crippen molar-refractivity contribution in [2.45, 2.75) is 6.92 Å². The molecule has 0 saturated heterocycles. The minimum Gasteiger partial charge on any atom is -0.497 e. The maximum Gasteiger partial charge on any atom is 0.229 e. The summed E-state index contributed by atoms with van der Waals surface area (Å²) in [4.78, 5) is 6.35. The van der Waals surface area contributed by atoms with E-state index in [4.69, 9.17) is 4.74 Å². The van der Waals surface area contributed by atoms with Crippen molar-refractivity contribution in [3.8, 4) is 27.3 Å². The summed E-state index contributed by atoms with van der Waals surface area (Å²) < 4.78 is 32.0. The number of fused-ring (bicyclic) bond motifs is 1. The fourth-order valence-corrected chi connectivity index (χ4v) is 4.94. The van der Waals surface area contributed by atoms with Gasteiger partial charge in [-0.3, -0.25) is 9.82 Å². The van der Waals surface area contributed by atoms with Gasteiger partial charge in [0.25, 0.3) is 0 Å². The van der Waals surface area contributed by atoms with Crippen molar-refractivity contribution in [2.24, 2.45) is 0 Å². The summed E-state index contributed by atoms with van der Waals surface area (Å²) in [5, 5.41) is 7.65. The van der Waals surface area contributed by atoms with Crippen molar-refractivity contribution in [3.05, 3.63) is 48.4 Å². The van der Waals surface area contributed by atoms with Gasteiger partial charge in [-0.15, -0.1) is 11.3 Å². The highest BCUT2D eigenvalue weighted by Crippen LogP contribution is 2.47. The number of rotatable bonds is 5. The second-order valence-electron chi connectivity index (χ2n) is 6.39. The van der Waals surface area contributed by atoms with E-state index < -0.39 is 10.0 Å². The number of ether oxygens (including phenoxy) is 1. The van der Waals surface area contributed by atoms with E-state index in [0.717, 1.165) is 43.7 Å². The molecule has 1 aromatic carbocycles. The van der Waals surface area contributed by atoms with Crippen LogP contribution in [0.15, 0.2) is 42.7 Å². The van der Waals surface area contributed by atoms with Crippen LogP contribution in [0.25, 0.3) is 31.8 Å². The molecular weight excluding hydrogens is 396 g/mol. The van der Waals surface area contributed by atoms with Crippen molar-refractivity contribution >= 4 is 37.3 Å². The number of nitrogens with zero attached hydrogens (tertiary/aromatic N) is 2. The van der Waals surface area contributed by atoms with E-state index in [2.05, 4.69) is 19.9 Å². The summed E-state index contributed by atoms with van der Waals surface area (Å²) in [5.41, 5.74) is 3.94. The molecule has 3 aromatic heterocycles. The molecule has 28 heavy (non-hydrogen) atoms. The third-order valence-electron chi connectivity index (χ3n) is 4.20. The third kappa shape index (κ3) is 3.46. The number of aryl methyl sites for hydroxylation is 1. The van der Waals surface area contributed by atoms with Crippen molar-refractivity contribution in [3.63, 3.8) is 0 Å². The number of anilines is 1. The topological polar surface area (TPSA) is 97.0 Å². The molecule has 0 aliphatic carbocycles. The first kappa shape index (κ1) is 18.5. The Kier molecular flexibility index (Phi) is 4.56. The summed E-state index contributed by atoms with van der Waals surface area (Å²) in [6.07, 6.45) is 4.69. The Labute approximate surface area is 166 Å². The monoisotopic (exact) mass is 414 g/mol. The maximum atomic E-state index is 12.0. The van der Waals surface area contributed by atoms with Crippen LogP contribution in [0.4, 0.5) is 5.69 Å². The Morgan fingerprint density at radius 1 is 1.21 bits per heavy atom. The van der Waals surface area contributed by atoms with E-state index >= 15 is 0 Å². The van der Waals surface area contributed by atoms with Gasteiger partial charge < -0.3 is 4.74 Å². The molecule has 0 spiro atoms. The van der Waals surface area contributed by atoms with Crippen LogP contribution < -0.4 is 9.46 Å². The van der Waals surface area contributed by atoms with Gasteiger partial charge in [-0.25, -0.2) is 13.4 Å². The second kappa shape index (κ2) is 6.92. The molecule has 0 radical (unpaired) electrons. The predicted octanol–water partition coefficient (Wildman–Crippen LogP) is 4.04. The third-order valence-corrected chi connectivity index (χ3v) is 5.93. The number of benzene rings is 1. The van der Waals surface area contributed by atoms with E-state index in [-0.39, 0.29) is 0 Å². The molecule has 0 amide bonds. The fraction of sp³-hybridized carbons (Fsp3) is 0.158. The Balaban J connectivity index is 2.10. The number of hydrogen-bond donors (Lipinski definition) is 2. The molecule has 0 fully saturated rings. The molecule has 4 aromatic rings. The van der Waals surface area contributed by atoms with Crippen LogP contribution in [0.3, 0.4) is 0 Å². The number of H-pyrrole nitrogens is 1. The smallest absolute Gasteiger partial charge is 0.229 e. The summed E-state index contributed by atoms with van der Waals surface area (Å²) in [6, 6.07) is 9.42. The largest absolute Gasteiger partial charge is 0.497 e. The Bertz CT molecular complexity index is 1260. The number of methoxy groups -OCH3 is 1. The van der Waals surface area contributed by atoms with E-state index in [9.17, 15) is 8.42 Å². The summed E-state index contributed by atoms with van der Waals surface area (Å²) in [6.45, 7) is 1.84. The highest BCUT2D eigenvalue weighted by molar-refractivity contribution is 7.92. The van der Waals surface area contributed by atoms with Crippen molar-refractivity contribution in [1.29, 1.82) is 0 Å². The number of aromatic amines is 1. The summed E-state index contributed by atoms with van der Waals surface area (Å²) >= 11 is 1.50. The molecule has 144 valence electrons. The van der Waals surface area contributed by atoms with Crippen LogP contribution in [-0.2, 0) is 10.0 Å². The SMILES string of the molecule is COc1cccc(-c2c(-c3cn[nH]c3)sc3nc(C)cc(NS(C)(=O)=O)c23)c1. The van der Waals surface area contributed by atoms with Gasteiger partial charge >= 0.3 is 0 Å². The van der Waals surface area contributed by atoms with Crippen molar-refractivity contribution in [2.75, 3.05) is 18.1 Å². The lowest BCUT2D eigenvalue weighted by Crippen LogP contribution is -2.10. The first-order chi connectivity index (χ1) is 13.4. The van der Waals surface area contributed by atoms with Crippen LogP contribution in [0, 0.1) is 6.92 Å². The van der Waals surface area contributed by atoms with E-state index in [1.165, 1.54) is 11.3 Å². The average molecular weight is 415 g/mol. The molecular formula is C19H18N4O3S2. The Morgan fingerprint density at radius 2 is 2.04 bits per heavy atom. The highest BCUT2D eigenvalue weighted by Gasteiger charge is 2.22. The molecule has 0 unspecified atom stereocenters. The first-order valence-electron chi connectivity index (χ1n) is 8.41. The molecule has 3 heterocycles. The van der Waals surface area contributed by atoms with Crippen LogP contribution in [0.1, 0.15) is 5.69 Å². The number of thiophene rings is 1. The molecule has 9 heteroatoms. The lowest BCUT2D eigenvalue weighted by Gasteiger charge is -2.11. The van der Waals surface area contributed by atoms with Gasteiger partial charge in [0.1, 0.15) is 10.6 Å². The zero-order valence-corrected chi connectivity index (χ0v) is 17.1. The summed E-state index contributed by atoms with van der Waals surface area (Å²) in [5.74, 6) is 0.715. The van der Waals surface area contributed by atoms with Gasteiger partial charge in [0, 0.05) is 33.3 Å². The minimum absolute atomic E-state index is 0.508. The first-order valence-corrected chi connectivity index (χ1v) is 11.1. The van der Waals surface area contributed by atoms with Crippen molar-refractivity contribution < 1.29 is 13.2 Å². The number of nitrogens with one attached hydrogen (secondary N) is 2. The van der Waals surface area contributed by atoms with Gasteiger partial charge in [0.2, 0.25) is 10.0 Å². The Morgan fingerprint density at radius 3 is 2.71 bits per heavy atom. The molecule has 7 nitrogen and oxygen atoms in total. The van der Waals surface area contributed by atoms with Crippen LogP contribution >= 0.6 is 11.3 Å². The van der Waals surface area contributed by atoms with Crippen LogP contribution in [0.5, 0.6) is 5.75 Å². The van der Waals surface area contributed by atoms with Gasteiger partial charge in [-0.1, -0.05) is 12.1 Å². The number of hydrogen-bond acceptors (Lipinski definition) is 6. The lowest BCUT2D eigenvalue weighted by molar-refractivity contribution is 0.415. The zero-order chi connectivity index (χ0) is 19.9. The molecule has 4 rings (SSSR count). The number of aromatic nitrogens is 3. The van der Waals surface area contributed by atoms with E-state index in [0.29, 0.717) is 11.4 Å².